The number of para-hydroxylation sites is 2. The normalized spacial score (nSPS) is 26.6. The highest BCUT2D eigenvalue weighted by molar-refractivity contribution is 6.08. The zero-order valence-electron chi connectivity index (χ0n) is 16.0. The Morgan fingerprint density at radius 1 is 1.10 bits per heavy atom. The van der Waals surface area contributed by atoms with Crippen LogP contribution >= 0.6 is 0 Å². The number of rotatable bonds is 7. The van der Waals surface area contributed by atoms with Crippen molar-refractivity contribution in [2.75, 3.05) is 25.1 Å². The van der Waals surface area contributed by atoms with Crippen molar-refractivity contribution in [2.24, 2.45) is 23.7 Å². The monoisotopic (exact) mass is 398 g/mol. The van der Waals surface area contributed by atoms with Crippen LogP contribution in [0.4, 0.5) is 5.69 Å². The molecule has 4 rings (SSSR count). The van der Waals surface area contributed by atoms with E-state index in [1.54, 1.807) is 24.3 Å². The highest BCUT2D eigenvalue weighted by Crippen LogP contribution is 2.52. The maximum atomic E-state index is 12.6. The van der Waals surface area contributed by atoms with Crippen molar-refractivity contribution in [2.45, 2.75) is 13.3 Å². The van der Waals surface area contributed by atoms with E-state index in [1.165, 1.54) is 0 Å². The minimum atomic E-state index is -0.791. The number of likely N-dealkylation sites (tertiary alicyclic amines) is 1. The summed E-state index contributed by atoms with van der Waals surface area (Å²) in [6, 6.07) is 6.91. The fraction of sp³-hybridized carbons (Fsp3) is 0.429. The Hall–Kier alpha value is -3.16. The first-order chi connectivity index (χ1) is 14.0. The molecular formula is C21H22N2O6. The molecule has 2 aliphatic carbocycles. The molecular weight excluding hydrogens is 376 g/mol. The summed E-state index contributed by atoms with van der Waals surface area (Å²) in [5, 5.41) is 2.62. The van der Waals surface area contributed by atoms with Crippen LogP contribution in [0.25, 0.3) is 0 Å². The Labute approximate surface area is 167 Å². The summed E-state index contributed by atoms with van der Waals surface area (Å²) in [4.78, 5) is 50.3. The van der Waals surface area contributed by atoms with Crippen molar-refractivity contribution in [3.63, 3.8) is 0 Å². The molecule has 0 radical (unpaired) electrons. The molecule has 3 aliphatic rings. The summed E-state index contributed by atoms with van der Waals surface area (Å²) >= 11 is 0. The number of hydrogen-bond acceptors (Lipinski definition) is 6. The first-order valence-electron chi connectivity index (χ1n) is 9.70. The molecule has 3 amide bonds. The van der Waals surface area contributed by atoms with Crippen LogP contribution in [0.3, 0.4) is 0 Å². The SMILES string of the molecule is CCOc1ccccc1NC(=O)COC(=O)CN1C(=O)[C@H]2[C@H](C1=O)[C@H]1C=C[C@H]2C1. The molecule has 8 nitrogen and oxygen atoms in total. The average Bonchev–Trinajstić information content (AvgIpc) is 3.38. The fourth-order valence-corrected chi connectivity index (χ4v) is 4.48. The lowest BCUT2D eigenvalue weighted by Crippen LogP contribution is -2.38. The predicted molar refractivity (Wildman–Crippen MR) is 102 cm³/mol. The number of nitrogens with zero attached hydrogens (tertiary/aromatic N) is 1. The molecule has 1 heterocycles. The standard InChI is InChI=1S/C21H22N2O6/c1-2-28-15-6-4-3-5-14(15)22-16(24)11-29-17(25)10-23-20(26)18-12-7-8-13(9-12)19(18)21(23)27/h3-8,12-13,18-19H,2,9-11H2,1H3,(H,22,24)/t12-,13-,18+,19+/m0/s1. The Balaban J connectivity index is 1.29. The van der Waals surface area contributed by atoms with Gasteiger partial charge in [-0.25, -0.2) is 0 Å². The second-order valence-corrected chi connectivity index (χ2v) is 7.40. The van der Waals surface area contributed by atoms with Gasteiger partial charge in [0.15, 0.2) is 6.61 Å². The van der Waals surface area contributed by atoms with Crippen LogP contribution in [0.5, 0.6) is 5.75 Å². The highest BCUT2D eigenvalue weighted by atomic mass is 16.5. The molecule has 0 unspecified atom stereocenters. The number of allylic oxidation sites excluding steroid dienone is 2. The van der Waals surface area contributed by atoms with Crippen LogP contribution in [0, 0.1) is 23.7 Å². The number of hydrogen-bond donors (Lipinski definition) is 1. The zero-order valence-corrected chi connectivity index (χ0v) is 16.0. The highest BCUT2D eigenvalue weighted by Gasteiger charge is 2.59. The Kier molecular flexibility index (Phi) is 5.08. The summed E-state index contributed by atoms with van der Waals surface area (Å²) < 4.78 is 10.4. The number of fused-ring (bicyclic) bond motifs is 5. The summed E-state index contributed by atoms with van der Waals surface area (Å²) in [5.74, 6) is -2.00. The van der Waals surface area contributed by atoms with E-state index in [0.717, 1.165) is 11.3 Å². The van der Waals surface area contributed by atoms with Crippen LogP contribution in [0.15, 0.2) is 36.4 Å². The van der Waals surface area contributed by atoms with E-state index in [-0.39, 0.29) is 35.5 Å². The molecule has 1 aromatic carbocycles. The van der Waals surface area contributed by atoms with Gasteiger partial charge in [0.05, 0.1) is 24.1 Å². The predicted octanol–water partition coefficient (Wildman–Crippen LogP) is 1.37. The largest absolute Gasteiger partial charge is 0.492 e. The van der Waals surface area contributed by atoms with Gasteiger partial charge in [-0.05, 0) is 37.3 Å². The average molecular weight is 398 g/mol. The van der Waals surface area contributed by atoms with Gasteiger partial charge in [0.2, 0.25) is 11.8 Å². The molecule has 1 aromatic rings. The van der Waals surface area contributed by atoms with Gasteiger partial charge in [0.1, 0.15) is 12.3 Å². The third-order valence-corrected chi connectivity index (χ3v) is 5.67. The molecule has 4 atom stereocenters. The molecule has 0 aromatic heterocycles. The number of benzene rings is 1. The number of esters is 1. The maximum absolute atomic E-state index is 12.6. The van der Waals surface area contributed by atoms with E-state index in [4.69, 9.17) is 9.47 Å². The Bertz CT molecular complexity index is 865. The van der Waals surface area contributed by atoms with Crippen LogP contribution in [-0.4, -0.2) is 48.3 Å². The van der Waals surface area contributed by atoms with Crippen LogP contribution < -0.4 is 10.1 Å². The van der Waals surface area contributed by atoms with Crippen LogP contribution in [-0.2, 0) is 23.9 Å². The zero-order chi connectivity index (χ0) is 20.5. The van der Waals surface area contributed by atoms with Crippen molar-refractivity contribution in [3.8, 4) is 5.75 Å². The molecule has 1 saturated carbocycles. The molecule has 29 heavy (non-hydrogen) atoms. The summed E-state index contributed by atoms with van der Waals surface area (Å²) in [7, 11) is 0. The quantitative estimate of drug-likeness (QED) is 0.423. The van der Waals surface area contributed by atoms with Crippen LogP contribution in [0.1, 0.15) is 13.3 Å². The van der Waals surface area contributed by atoms with E-state index >= 15 is 0 Å². The lowest BCUT2D eigenvalue weighted by atomic mass is 9.85. The number of anilines is 1. The fourth-order valence-electron chi connectivity index (χ4n) is 4.48. The molecule has 0 spiro atoms. The Morgan fingerprint density at radius 2 is 1.76 bits per heavy atom. The van der Waals surface area contributed by atoms with Gasteiger partial charge in [-0.3, -0.25) is 24.1 Å². The molecule has 2 bridgehead atoms. The number of carbonyl (C=O) groups excluding carboxylic acids is 4. The van der Waals surface area contributed by atoms with Crippen LogP contribution in [0.2, 0.25) is 0 Å². The smallest absolute Gasteiger partial charge is 0.326 e. The number of ether oxygens (including phenoxy) is 2. The van der Waals surface area contributed by atoms with Gasteiger partial charge in [-0.15, -0.1) is 0 Å². The number of nitrogens with one attached hydrogen (secondary N) is 1. The second-order valence-electron chi connectivity index (χ2n) is 7.40. The van der Waals surface area contributed by atoms with Crippen molar-refractivity contribution in [1.29, 1.82) is 0 Å². The Morgan fingerprint density at radius 3 is 2.41 bits per heavy atom. The number of carbonyl (C=O) groups is 4. The number of imide groups is 1. The first kappa shape index (κ1) is 19.2. The maximum Gasteiger partial charge on any atom is 0.326 e. The summed E-state index contributed by atoms with van der Waals surface area (Å²) in [6.07, 6.45) is 4.81. The van der Waals surface area contributed by atoms with Gasteiger partial charge in [-0.2, -0.15) is 0 Å². The van der Waals surface area contributed by atoms with E-state index in [9.17, 15) is 19.2 Å². The van der Waals surface area contributed by atoms with E-state index < -0.39 is 25.0 Å². The molecule has 152 valence electrons. The van der Waals surface area contributed by atoms with E-state index in [1.807, 2.05) is 19.1 Å². The first-order valence-corrected chi connectivity index (χ1v) is 9.70. The summed E-state index contributed by atoms with van der Waals surface area (Å²) in [5.41, 5.74) is 0.469. The van der Waals surface area contributed by atoms with Crippen molar-refractivity contribution in [1.82, 2.24) is 4.90 Å². The molecule has 1 aliphatic heterocycles. The molecule has 2 fully saturated rings. The van der Waals surface area contributed by atoms with Crippen molar-refractivity contribution < 1.29 is 28.7 Å². The number of amides is 3. The van der Waals surface area contributed by atoms with Crippen molar-refractivity contribution >= 4 is 29.4 Å². The van der Waals surface area contributed by atoms with Gasteiger partial charge in [-0.1, -0.05) is 24.3 Å². The van der Waals surface area contributed by atoms with E-state index in [0.29, 0.717) is 18.0 Å². The van der Waals surface area contributed by atoms with E-state index in [2.05, 4.69) is 5.32 Å². The van der Waals surface area contributed by atoms with Gasteiger partial charge in [0, 0.05) is 0 Å². The summed E-state index contributed by atoms with van der Waals surface area (Å²) in [6.45, 7) is 1.29. The third kappa shape index (κ3) is 3.50. The molecule has 1 saturated heterocycles. The molecule has 1 N–H and O–H groups in total. The lowest BCUT2D eigenvalue weighted by molar-refractivity contribution is -0.154. The van der Waals surface area contributed by atoms with Gasteiger partial charge < -0.3 is 14.8 Å². The lowest BCUT2D eigenvalue weighted by Gasteiger charge is -2.16. The minimum Gasteiger partial charge on any atom is -0.492 e. The van der Waals surface area contributed by atoms with Gasteiger partial charge >= 0.3 is 5.97 Å². The topological polar surface area (TPSA) is 102 Å². The van der Waals surface area contributed by atoms with Crippen molar-refractivity contribution in [3.05, 3.63) is 36.4 Å². The van der Waals surface area contributed by atoms with Gasteiger partial charge in [0.25, 0.3) is 5.91 Å². The third-order valence-electron chi connectivity index (χ3n) is 5.67. The molecule has 8 heteroatoms. The minimum absolute atomic E-state index is 0.0821. The second kappa shape index (κ2) is 7.69.